The van der Waals surface area contributed by atoms with Crippen LogP contribution in [-0.2, 0) is 0 Å². The van der Waals surface area contributed by atoms with Gasteiger partial charge in [0.25, 0.3) is 0 Å². The molecule has 80 valence electrons. The van der Waals surface area contributed by atoms with Crippen LogP contribution in [0.2, 0.25) is 0 Å². The van der Waals surface area contributed by atoms with Crippen molar-refractivity contribution in [3.63, 3.8) is 0 Å². The lowest BCUT2D eigenvalue weighted by Gasteiger charge is -2.15. The number of nitrogens with two attached hydrogens (primary N) is 1. The number of nitrogens with one attached hydrogen (secondary N) is 1. The minimum absolute atomic E-state index is 0.0850. The van der Waals surface area contributed by atoms with Crippen LogP contribution >= 0.6 is 38.5 Å². The first-order valence-corrected chi connectivity index (χ1v) is 6.37. The molecule has 1 unspecified atom stereocenters. The van der Waals surface area contributed by atoms with E-state index >= 15 is 0 Å². The van der Waals surface area contributed by atoms with Crippen molar-refractivity contribution in [1.29, 1.82) is 0 Å². The Balaban J connectivity index is 2.98. The van der Waals surface area contributed by atoms with Gasteiger partial charge in [-0.05, 0) is 53.3 Å². The van der Waals surface area contributed by atoms with E-state index in [2.05, 4.69) is 67.9 Å². The zero-order chi connectivity index (χ0) is 11.3. The Morgan fingerprint density at radius 1 is 1.60 bits per heavy atom. The third-order valence-corrected chi connectivity index (χ3v) is 3.49. The number of halogens is 2. The third-order valence-electron chi connectivity index (χ3n) is 2.02. The first kappa shape index (κ1) is 13.0. The lowest BCUT2D eigenvalue weighted by molar-refractivity contribution is 0.565. The lowest BCUT2D eigenvalue weighted by atomic mass is 10.1. The van der Waals surface area contributed by atoms with Gasteiger partial charge in [-0.25, -0.2) is 0 Å². The molecule has 0 fully saturated rings. The van der Waals surface area contributed by atoms with Crippen molar-refractivity contribution in [2.45, 2.75) is 19.4 Å². The molecule has 0 bridgehead atoms. The first-order valence-electron chi connectivity index (χ1n) is 4.49. The summed E-state index contributed by atoms with van der Waals surface area (Å²) in [5.41, 5.74) is 3.97. The molecule has 0 amide bonds. The molecule has 0 radical (unpaired) electrons. The smallest absolute Gasteiger partial charge is 0.0580 e. The molecule has 1 aromatic carbocycles. The summed E-state index contributed by atoms with van der Waals surface area (Å²) in [6.45, 7) is 1.83. The van der Waals surface area contributed by atoms with E-state index in [-0.39, 0.29) is 6.04 Å². The molecule has 0 saturated heterocycles. The van der Waals surface area contributed by atoms with Gasteiger partial charge in [-0.15, -0.1) is 11.8 Å². The van der Waals surface area contributed by atoms with Crippen molar-refractivity contribution < 1.29 is 0 Å². The van der Waals surface area contributed by atoms with E-state index in [0.717, 1.165) is 10.9 Å². The standard InChI is InChI=1S/C11H12BrIN2/c1-2-3-4-11(15-14)9-7-8(12)5-6-10(9)13/h5-7,11,15H,4,14H2,1H3. The highest BCUT2D eigenvalue weighted by Crippen LogP contribution is 2.25. The summed E-state index contributed by atoms with van der Waals surface area (Å²) >= 11 is 5.76. The second-order valence-corrected chi connectivity index (χ2v) is 5.09. The number of benzene rings is 1. The molecule has 1 atom stereocenters. The summed E-state index contributed by atoms with van der Waals surface area (Å²) < 4.78 is 2.25. The molecule has 0 aromatic heterocycles. The maximum Gasteiger partial charge on any atom is 0.0580 e. The van der Waals surface area contributed by atoms with Crippen LogP contribution in [0, 0.1) is 15.4 Å². The topological polar surface area (TPSA) is 38.0 Å². The third kappa shape index (κ3) is 3.76. The monoisotopic (exact) mass is 378 g/mol. The summed E-state index contributed by atoms with van der Waals surface area (Å²) in [6, 6.07) is 6.24. The SMILES string of the molecule is CC#CCC(NN)c1cc(Br)ccc1I. The van der Waals surface area contributed by atoms with E-state index in [1.54, 1.807) is 0 Å². The van der Waals surface area contributed by atoms with Crippen molar-refractivity contribution in [3.05, 3.63) is 31.8 Å². The molecule has 0 heterocycles. The van der Waals surface area contributed by atoms with Gasteiger partial charge in [0.05, 0.1) is 6.04 Å². The summed E-state index contributed by atoms with van der Waals surface area (Å²) in [5.74, 6) is 11.4. The van der Waals surface area contributed by atoms with Crippen LogP contribution in [0.3, 0.4) is 0 Å². The summed E-state index contributed by atoms with van der Waals surface area (Å²) in [5, 5.41) is 0. The molecule has 0 aliphatic carbocycles. The lowest BCUT2D eigenvalue weighted by Crippen LogP contribution is -2.28. The minimum Gasteiger partial charge on any atom is -0.271 e. The molecule has 0 aliphatic rings. The maximum atomic E-state index is 5.53. The van der Waals surface area contributed by atoms with E-state index in [1.807, 2.05) is 13.0 Å². The Bertz CT molecular complexity index is 395. The van der Waals surface area contributed by atoms with Crippen molar-refractivity contribution in [2.75, 3.05) is 0 Å². The predicted octanol–water partition coefficient (Wildman–Crippen LogP) is 2.97. The highest BCUT2D eigenvalue weighted by atomic mass is 127. The highest BCUT2D eigenvalue weighted by Gasteiger charge is 2.11. The average molecular weight is 379 g/mol. The van der Waals surface area contributed by atoms with Crippen molar-refractivity contribution >= 4 is 38.5 Å². The van der Waals surface area contributed by atoms with Gasteiger partial charge < -0.3 is 0 Å². The fourth-order valence-electron chi connectivity index (χ4n) is 1.24. The molecular formula is C11H12BrIN2. The van der Waals surface area contributed by atoms with Gasteiger partial charge in [-0.3, -0.25) is 11.3 Å². The minimum atomic E-state index is 0.0850. The van der Waals surface area contributed by atoms with Gasteiger partial charge in [0.2, 0.25) is 0 Å². The second kappa shape index (κ2) is 6.48. The van der Waals surface area contributed by atoms with Gasteiger partial charge >= 0.3 is 0 Å². The normalized spacial score (nSPS) is 11.7. The maximum absolute atomic E-state index is 5.53. The number of hydrogen-bond donors (Lipinski definition) is 2. The van der Waals surface area contributed by atoms with Gasteiger partial charge in [-0.1, -0.05) is 15.9 Å². The quantitative estimate of drug-likeness (QED) is 0.367. The second-order valence-electron chi connectivity index (χ2n) is 3.02. The van der Waals surface area contributed by atoms with Crippen LogP contribution < -0.4 is 11.3 Å². The Kier molecular flexibility index (Phi) is 5.61. The number of hydrazine groups is 1. The predicted molar refractivity (Wildman–Crippen MR) is 75.0 cm³/mol. The number of hydrogen-bond acceptors (Lipinski definition) is 2. The Morgan fingerprint density at radius 2 is 2.33 bits per heavy atom. The van der Waals surface area contributed by atoms with E-state index in [1.165, 1.54) is 9.13 Å². The van der Waals surface area contributed by atoms with Crippen LogP contribution in [0.25, 0.3) is 0 Å². The molecule has 0 saturated carbocycles. The molecule has 0 aliphatic heterocycles. The first-order chi connectivity index (χ1) is 7.19. The largest absolute Gasteiger partial charge is 0.271 e. The van der Waals surface area contributed by atoms with E-state index < -0.39 is 0 Å². The van der Waals surface area contributed by atoms with E-state index in [4.69, 9.17) is 5.84 Å². The summed E-state index contributed by atoms with van der Waals surface area (Å²) in [6.07, 6.45) is 0.722. The highest BCUT2D eigenvalue weighted by molar-refractivity contribution is 14.1. The molecule has 3 N–H and O–H groups in total. The molecule has 2 nitrogen and oxygen atoms in total. The van der Waals surface area contributed by atoms with Gasteiger partial charge in [0.15, 0.2) is 0 Å². The Labute approximate surface area is 112 Å². The van der Waals surface area contributed by atoms with Crippen LogP contribution in [0.15, 0.2) is 22.7 Å². The summed E-state index contributed by atoms with van der Waals surface area (Å²) in [7, 11) is 0. The van der Waals surface area contributed by atoms with Gasteiger partial charge in [0.1, 0.15) is 0 Å². The average Bonchev–Trinajstić information content (AvgIpc) is 2.24. The number of rotatable bonds is 3. The van der Waals surface area contributed by atoms with Crippen LogP contribution in [0.5, 0.6) is 0 Å². The van der Waals surface area contributed by atoms with Crippen molar-refractivity contribution in [1.82, 2.24) is 5.43 Å². The zero-order valence-corrected chi connectivity index (χ0v) is 12.1. The Morgan fingerprint density at radius 3 is 2.93 bits per heavy atom. The molecule has 1 aromatic rings. The fraction of sp³-hybridized carbons (Fsp3) is 0.273. The molecule has 0 spiro atoms. The molecule has 1 rings (SSSR count). The van der Waals surface area contributed by atoms with Crippen molar-refractivity contribution in [2.24, 2.45) is 5.84 Å². The van der Waals surface area contributed by atoms with Crippen LogP contribution in [0.1, 0.15) is 24.9 Å². The Hall–Kier alpha value is -0.0900. The van der Waals surface area contributed by atoms with Crippen LogP contribution in [-0.4, -0.2) is 0 Å². The van der Waals surface area contributed by atoms with E-state index in [0.29, 0.717) is 0 Å². The molecule has 15 heavy (non-hydrogen) atoms. The van der Waals surface area contributed by atoms with Crippen LogP contribution in [0.4, 0.5) is 0 Å². The van der Waals surface area contributed by atoms with Gasteiger partial charge in [-0.2, -0.15) is 0 Å². The molecular weight excluding hydrogens is 367 g/mol. The summed E-state index contributed by atoms with van der Waals surface area (Å²) in [4.78, 5) is 0. The molecule has 4 heteroatoms. The van der Waals surface area contributed by atoms with E-state index in [9.17, 15) is 0 Å². The fourth-order valence-corrected chi connectivity index (χ4v) is 2.33. The zero-order valence-electron chi connectivity index (χ0n) is 8.35. The van der Waals surface area contributed by atoms with Crippen molar-refractivity contribution in [3.8, 4) is 11.8 Å². The van der Waals surface area contributed by atoms with Gasteiger partial charge in [0, 0.05) is 14.5 Å².